The third kappa shape index (κ3) is 2.29. The molecule has 0 aliphatic carbocycles. The molecule has 1 atom stereocenters. The third-order valence-corrected chi connectivity index (χ3v) is 5.91. The highest BCUT2D eigenvalue weighted by molar-refractivity contribution is 8.70. The molecule has 2 heterocycles. The van der Waals surface area contributed by atoms with Crippen molar-refractivity contribution in [3.05, 3.63) is 24.3 Å². The molecule has 17 heavy (non-hydrogen) atoms. The number of hydrogen-bond donors (Lipinski definition) is 1. The monoisotopic (exact) mass is 286 g/mol. The summed E-state index contributed by atoms with van der Waals surface area (Å²) in [6, 6.07) is 8.55. The summed E-state index contributed by atoms with van der Waals surface area (Å²) in [5.74, 6) is 0. The second-order valence-electron chi connectivity index (χ2n) is 3.91. The van der Waals surface area contributed by atoms with Crippen LogP contribution in [-0.4, -0.2) is 36.0 Å². The Kier molecular flexibility index (Phi) is 3.77. The number of fused-ring (bicyclic) bond motifs is 1. The fourth-order valence-electron chi connectivity index (χ4n) is 2.14. The lowest BCUT2D eigenvalue weighted by molar-refractivity contribution is 0.0332. The quantitative estimate of drug-likeness (QED) is 0.662. The number of morpholine rings is 1. The summed E-state index contributed by atoms with van der Waals surface area (Å²) in [4.78, 5) is 1.34. The van der Waals surface area contributed by atoms with Crippen molar-refractivity contribution < 1.29 is 4.74 Å². The molecular weight excluding hydrogens is 272 g/mol. The van der Waals surface area contributed by atoms with Crippen LogP contribution in [0.25, 0.3) is 0 Å². The molecule has 0 spiro atoms. The van der Waals surface area contributed by atoms with E-state index in [0.717, 1.165) is 26.3 Å². The average molecular weight is 286 g/mol. The van der Waals surface area contributed by atoms with Gasteiger partial charge in [0.15, 0.2) is 4.71 Å². The van der Waals surface area contributed by atoms with Gasteiger partial charge in [0.1, 0.15) is 0 Å². The number of nitrogens with zero attached hydrogens (tertiary/aromatic N) is 2. The zero-order valence-electron chi connectivity index (χ0n) is 9.28. The number of hydrogen-bond acceptors (Lipinski definition) is 6. The predicted molar refractivity (Wildman–Crippen MR) is 77.5 cm³/mol. The maximum Gasteiger partial charge on any atom is 0.151 e. The van der Waals surface area contributed by atoms with Gasteiger partial charge in [-0.05, 0) is 12.1 Å². The standard InChI is InChI=1S/C11H14N2OS3/c15-17-11-13(12-5-7-14-8-6-12)9-3-1-2-4-10(9)16-11/h1-4,11,15H,5-8H2. The molecule has 0 aromatic heterocycles. The van der Waals surface area contributed by atoms with Gasteiger partial charge >= 0.3 is 0 Å². The molecule has 1 saturated heterocycles. The normalized spacial score (nSPS) is 25.0. The average Bonchev–Trinajstić information content (AvgIpc) is 2.78. The van der Waals surface area contributed by atoms with E-state index in [1.54, 1.807) is 10.8 Å². The molecule has 0 radical (unpaired) electrons. The van der Waals surface area contributed by atoms with Gasteiger partial charge in [-0.15, -0.1) is 11.7 Å². The Bertz CT molecular complexity index is 398. The summed E-state index contributed by atoms with van der Waals surface area (Å²) in [7, 11) is 1.59. The molecule has 2 aliphatic rings. The van der Waals surface area contributed by atoms with Gasteiger partial charge in [0.05, 0.1) is 18.9 Å². The zero-order chi connectivity index (χ0) is 11.7. The first-order chi connectivity index (χ1) is 8.40. The van der Waals surface area contributed by atoms with Gasteiger partial charge in [0, 0.05) is 18.0 Å². The van der Waals surface area contributed by atoms with Crippen molar-refractivity contribution in [2.24, 2.45) is 0 Å². The van der Waals surface area contributed by atoms with Gasteiger partial charge in [-0.3, -0.25) is 5.01 Å². The van der Waals surface area contributed by atoms with Crippen molar-refractivity contribution in [1.82, 2.24) is 5.01 Å². The minimum Gasteiger partial charge on any atom is -0.379 e. The molecule has 0 amide bonds. The summed E-state index contributed by atoms with van der Waals surface area (Å²) < 4.78 is 5.74. The Morgan fingerprint density at radius 2 is 2.06 bits per heavy atom. The summed E-state index contributed by atoms with van der Waals surface area (Å²) >= 11 is 6.26. The number of rotatable bonds is 2. The first-order valence-electron chi connectivity index (χ1n) is 5.58. The minimum absolute atomic E-state index is 0.328. The van der Waals surface area contributed by atoms with E-state index in [-0.39, 0.29) is 0 Å². The highest BCUT2D eigenvalue weighted by Crippen LogP contribution is 2.49. The summed E-state index contributed by atoms with van der Waals surface area (Å²) in [6.07, 6.45) is 0. The van der Waals surface area contributed by atoms with E-state index in [9.17, 15) is 0 Å². The van der Waals surface area contributed by atoms with E-state index in [0.29, 0.717) is 4.71 Å². The van der Waals surface area contributed by atoms with E-state index in [4.69, 9.17) is 4.74 Å². The Labute approximate surface area is 115 Å². The van der Waals surface area contributed by atoms with Crippen LogP contribution >= 0.6 is 34.2 Å². The van der Waals surface area contributed by atoms with Crippen LogP contribution in [-0.2, 0) is 4.74 Å². The molecule has 0 bridgehead atoms. The molecule has 3 rings (SSSR count). The third-order valence-electron chi connectivity index (χ3n) is 2.92. The SMILES string of the molecule is SSC1Sc2ccccc2N1N1CCOCC1. The summed E-state index contributed by atoms with van der Waals surface area (Å²) in [5.41, 5.74) is 1.30. The number of benzene rings is 1. The van der Waals surface area contributed by atoms with Crippen LogP contribution in [0, 0.1) is 0 Å². The second-order valence-corrected chi connectivity index (χ2v) is 6.62. The van der Waals surface area contributed by atoms with Crippen LogP contribution in [0.2, 0.25) is 0 Å². The van der Waals surface area contributed by atoms with E-state index in [1.807, 2.05) is 11.8 Å². The van der Waals surface area contributed by atoms with Gasteiger partial charge in [-0.1, -0.05) is 34.7 Å². The smallest absolute Gasteiger partial charge is 0.151 e. The molecule has 92 valence electrons. The first-order valence-corrected chi connectivity index (χ1v) is 8.39. The fraction of sp³-hybridized carbons (Fsp3) is 0.455. The van der Waals surface area contributed by atoms with Crippen LogP contribution in [0.3, 0.4) is 0 Å². The maximum atomic E-state index is 5.42. The van der Waals surface area contributed by atoms with E-state index >= 15 is 0 Å². The van der Waals surface area contributed by atoms with Crippen molar-refractivity contribution in [1.29, 1.82) is 0 Å². The van der Waals surface area contributed by atoms with Crippen LogP contribution in [0.15, 0.2) is 29.2 Å². The molecule has 0 saturated carbocycles. The molecular formula is C11H14N2OS3. The zero-order valence-corrected chi connectivity index (χ0v) is 11.8. The number of thiol groups is 1. The van der Waals surface area contributed by atoms with Crippen molar-refractivity contribution in [3.63, 3.8) is 0 Å². The highest BCUT2D eigenvalue weighted by Gasteiger charge is 2.34. The van der Waals surface area contributed by atoms with Crippen molar-refractivity contribution in [2.45, 2.75) is 9.60 Å². The number of ether oxygens (including phenoxy) is 1. The number of para-hydroxylation sites is 1. The first kappa shape index (κ1) is 12.0. The highest BCUT2D eigenvalue weighted by atomic mass is 33.1. The lowest BCUT2D eigenvalue weighted by atomic mass is 10.3. The lowest BCUT2D eigenvalue weighted by Gasteiger charge is -2.38. The van der Waals surface area contributed by atoms with Crippen molar-refractivity contribution >= 4 is 39.9 Å². The fourth-order valence-corrected chi connectivity index (χ4v) is 4.62. The van der Waals surface area contributed by atoms with Crippen LogP contribution in [0.1, 0.15) is 0 Å². The largest absolute Gasteiger partial charge is 0.379 e. The second kappa shape index (κ2) is 5.32. The van der Waals surface area contributed by atoms with Gasteiger partial charge < -0.3 is 4.74 Å². The Morgan fingerprint density at radius 1 is 1.29 bits per heavy atom. The molecule has 1 aromatic carbocycles. The molecule has 1 unspecified atom stereocenters. The molecule has 3 nitrogen and oxygen atoms in total. The molecule has 6 heteroatoms. The van der Waals surface area contributed by atoms with E-state index < -0.39 is 0 Å². The van der Waals surface area contributed by atoms with Gasteiger partial charge in [-0.2, -0.15) is 0 Å². The molecule has 1 aromatic rings. The Morgan fingerprint density at radius 3 is 2.82 bits per heavy atom. The summed E-state index contributed by atoms with van der Waals surface area (Å²) in [5, 5.41) is 4.73. The minimum atomic E-state index is 0.328. The van der Waals surface area contributed by atoms with Crippen molar-refractivity contribution in [2.75, 3.05) is 31.3 Å². The molecule has 1 fully saturated rings. The van der Waals surface area contributed by atoms with Gasteiger partial charge in [-0.25, -0.2) is 5.01 Å². The predicted octanol–water partition coefficient (Wildman–Crippen LogP) is 2.71. The number of hydrazine groups is 1. The number of thioether (sulfide) groups is 1. The van der Waals surface area contributed by atoms with Crippen LogP contribution in [0.4, 0.5) is 5.69 Å². The Hall–Kier alpha value is -0.0100. The lowest BCUT2D eigenvalue weighted by Crippen LogP contribution is -2.50. The van der Waals surface area contributed by atoms with Crippen LogP contribution in [0.5, 0.6) is 0 Å². The molecule has 2 aliphatic heterocycles. The number of anilines is 1. The van der Waals surface area contributed by atoms with Gasteiger partial charge in [0.2, 0.25) is 0 Å². The Balaban J connectivity index is 1.89. The van der Waals surface area contributed by atoms with E-state index in [2.05, 4.69) is 45.9 Å². The van der Waals surface area contributed by atoms with Gasteiger partial charge in [0.25, 0.3) is 0 Å². The molecule has 0 N–H and O–H groups in total. The van der Waals surface area contributed by atoms with E-state index in [1.165, 1.54) is 10.6 Å². The summed E-state index contributed by atoms with van der Waals surface area (Å²) in [6.45, 7) is 3.54. The van der Waals surface area contributed by atoms with Crippen molar-refractivity contribution in [3.8, 4) is 0 Å². The maximum absolute atomic E-state index is 5.42. The topological polar surface area (TPSA) is 15.7 Å². The van der Waals surface area contributed by atoms with Crippen LogP contribution < -0.4 is 5.01 Å².